The highest BCUT2D eigenvalue weighted by atomic mass is 32.1. The molecule has 0 radical (unpaired) electrons. The number of hydrogen-bond donors (Lipinski definition) is 0. The van der Waals surface area contributed by atoms with Gasteiger partial charge in [-0.2, -0.15) is 0 Å². The van der Waals surface area contributed by atoms with Crippen molar-refractivity contribution in [2.45, 2.75) is 20.4 Å². The van der Waals surface area contributed by atoms with Crippen molar-refractivity contribution in [3.05, 3.63) is 95.1 Å². The molecule has 4 heteroatoms. The summed E-state index contributed by atoms with van der Waals surface area (Å²) < 4.78 is 1.11. The van der Waals surface area contributed by atoms with Gasteiger partial charge in [0.25, 0.3) is 5.91 Å². The van der Waals surface area contributed by atoms with Gasteiger partial charge in [-0.25, -0.2) is 4.98 Å². The number of rotatable bonds is 4. The molecule has 1 aromatic heterocycles. The number of fused-ring (bicyclic) bond motifs is 1. The Kier molecular flexibility index (Phi) is 4.73. The van der Waals surface area contributed by atoms with E-state index >= 15 is 0 Å². The SMILES string of the molecule is Cc1cc(C)c2nc(N(Cc3ccccc3)C(=O)c3ccccc3)sc2c1. The lowest BCUT2D eigenvalue weighted by molar-refractivity contribution is 0.0985. The standard InChI is InChI=1S/C23H20N2OS/c1-16-13-17(2)21-20(14-16)27-23(24-21)25(15-18-9-5-3-6-10-18)22(26)19-11-7-4-8-12-19/h3-14H,15H2,1-2H3. The normalized spacial score (nSPS) is 10.9. The third-order valence-corrected chi connectivity index (χ3v) is 5.52. The first-order valence-corrected chi connectivity index (χ1v) is 9.72. The van der Waals surface area contributed by atoms with Crippen LogP contribution in [0.4, 0.5) is 5.13 Å². The van der Waals surface area contributed by atoms with Crippen molar-refractivity contribution in [2.24, 2.45) is 0 Å². The fourth-order valence-electron chi connectivity index (χ4n) is 3.20. The second kappa shape index (κ2) is 7.33. The summed E-state index contributed by atoms with van der Waals surface area (Å²) in [6, 6.07) is 23.7. The molecule has 0 spiro atoms. The van der Waals surface area contributed by atoms with E-state index in [1.54, 1.807) is 16.2 Å². The van der Waals surface area contributed by atoms with Crippen molar-refractivity contribution in [2.75, 3.05) is 4.90 Å². The molecule has 1 amide bonds. The topological polar surface area (TPSA) is 33.2 Å². The number of anilines is 1. The summed E-state index contributed by atoms with van der Waals surface area (Å²) in [4.78, 5) is 19.9. The molecular weight excluding hydrogens is 352 g/mol. The van der Waals surface area contributed by atoms with E-state index in [9.17, 15) is 4.79 Å². The van der Waals surface area contributed by atoms with E-state index < -0.39 is 0 Å². The third-order valence-electron chi connectivity index (χ3n) is 4.50. The highest BCUT2D eigenvalue weighted by Crippen LogP contribution is 2.33. The van der Waals surface area contributed by atoms with Crippen molar-refractivity contribution in [3.63, 3.8) is 0 Å². The van der Waals surface area contributed by atoms with Crippen LogP contribution in [0, 0.1) is 13.8 Å². The van der Waals surface area contributed by atoms with Crippen LogP contribution in [0.2, 0.25) is 0 Å². The molecule has 0 unspecified atom stereocenters. The lowest BCUT2D eigenvalue weighted by Crippen LogP contribution is -2.30. The van der Waals surface area contributed by atoms with Crippen LogP contribution < -0.4 is 4.90 Å². The number of carbonyl (C=O) groups is 1. The second-order valence-corrected chi connectivity index (χ2v) is 7.68. The average molecular weight is 372 g/mol. The Labute approximate surface area is 162 Å². The highest BCUT2D eigenvalue weighted by molar-refractivity contribution is 7.22. The summed E-state index contributed by atoms with van der Waals surface area (Å²) in [5.41, 5.74) is 5.06. The fourth-order valence-corrected chi connectivity index (χ4v) is 4.34. The molecule has 0 saturated heterocycles. The highest BCUT2D eigenvalue weighted by Gasteiger charge is 2.22. The Hall–Kier alpha value is -2.98. The van der Waals surface area contributed by atoms with E-state index in [0.717, 1.165) is 26.5 Å². The van der Waals surface area contributed by atoms with E-state index in [-0.39, 0.29) is 5.91 Å². The molecule has 0 fully saturated rings. The first kappa shape index (κ1) is 17.4. The summed E-state index contributed by atoms with van der Waals surface area (Å²) in [6.45, 7) is 4.65. The van der Waals surface area contributed by atoms with E-state index in [0.29, 0.717) is 12.1 Å². The number of benzene rings is 3. The zero-order chi connectivity index (χ0) is 18.8. The number of carbonyl (C=O) groups excluding carboxylic acids is 1. The molecule has 0 aliphatic heterocycles. The summed E-state index contributed by atoms with van der Waals surface area (Å²) in [5.74, 6) is -0.0344. The van der Waals surface area contributed by atoms with Crippen molar-refractivity contribution in [1.29, 1.82) is 0 Å². The zero-order valence-electron chi connectivity index (χ0n) is 15.3. The third kappa shape index (κ3) is 3.62. The summed E-state index contributed by atoms with van der Waals surface area (Å²) in [7, 11) is 0. The minimum atomic E-state index is -0.0344. The van der Waals surface area contributed by atoms with Gasteiger partial charge in [0.15, 0.2) is 5.13 Å². The molecule has 3 nitrogen and oxygen atoms in total. The summed E-state index contributed by atoms with van der Waals surface area (Å²) in [6.07, 6.45) is 0. The van der Waals surface area contributed by atoms with Gasteiger partial charge in [0.05, 0.1) is 16.8 Å². The molecular formula is C23H20N2OS. The maximum atomic E-state index is 13.3. The van der Waals surface area contributed by atoms with Gasteiger partial charge in [-0.3, -0.25) is 9.69 Å². The molecule has 0 N–H and O–H groups in total. The molecule has 1 heterocycles. The molecule has 4 rings (SSSR count). The smallest absolute Gasteiger partial charge is 0.260 e. The Morgan fingerprint density at radius 1 is 0.963 bits per heavy atom. The van der Waals surface area contributed by atoms with Crippen LogP contribution in [-0.4, -0.2) is 10.9 Å². The second-order valence-electron chi connectivity index (χ2n) is 6.67. The first-order chi connectivity index (χ1) is 13.1. The maximum absolute atomic E-state index is 13.3. The van der Waals surface area contributed by atoms with Gasteiger partial charge < -0.3 is 0 Å². The van der Waals surface area contributed by atoms with Gasteiger partial charge in [0.1, 0.15) is 0 Å². The number of hydrogen-bond acceptors (Lipinski definition) is 3. The predicted octanol–water partition coefficient (Wildman–Crippen LogP) is 5.76. The molecule has 27 heavy (non-hydrogen) atoms. The van der Waals surface area contributed by atoms with Crippen LogP contribution in [0.5, 0.6) is 0 Å². The molecule has 134 valence electrons. The summed E-state index contributed by atoms with van der Waals surface area (Å²) >= 11 is 1.57. The van der Waals surface area contributed by atoms with Crippen LogP contribution >= 0.6 is 11.3 Å². The van der Waals surface area contributed by atoms with E-state index in [2.05, 4.69) is 26.0 Å². The van der Waals surface area contributed by atoms with Crippen LogP contribution in [0.25, 0.3) is 10.2 Å². The Morgan fingerprint density at radius 2 is 1.63 bits per heavy atom. The van der Waals surface area contributed by atoms with E-state index in [1.807, 2.05) is 60.7 Å². The van der Waals surface area contributed by atoms with Gasteiger partial charge in [0, 0.05) is 5.56 Å². The number of nitrogens with zero attached hydrogens (tertiary/aromatic N) is 2. The van der Waals surface area contributed by atoms with Gasteiger partial charge in [-0.1, -0.05) is 65.9 Å². The largest absolute Gasteiger partial charge is 0.279 e. The van der Waals surface area contributed by atoms with Crippen molar-refractivity contribution in [3.8, 4) is 0 Å². The van der Waals surface area contributed by atoms with Crippen LogP contribution in [0.1, 0.15) is 27.0 Å². The lowest BCUT2D eigenvalue weighted by atomic mass is 10.1. The minimum absolute atomic E-state index is 0.0344. The number of thiazole rings is 1. The number of amides is 1. The van der Waals surface area contributed by atoms with Crippen molar-refractivity contribution in [1.82, 2.24) is 4.98 Å². The van der Waals surface area contributed by atoms with Gasteiger partial charge >= 0.3 is 0 Å². The van der Waals surface area contributed by atoms with Gasteiger partial charge in [0.2, 0.25) is 0 Å². The minimum Gasteiger partial charge on any atom is -0.279 e. The predicted molar refractivity (Wildman–Crippen MR) is 112 cm³/mol. The summed E-state index contributed by atoms with van der Waals surface area (Å²) in [5, 5.41) is 0.733. The monoisotopic (exact) mass is 372 g/mol. The van der Waals surface area contributed by atoms with Crippen LogP contribution in [0.3, 0.4) is 0 Å². The maximum Gasteiger partial charge on any atom is 0.260 e. The van der Waals surface area contributed by atoms with E-state index in [4.69, 9.17) is 4.98 Å². The Bertz CT molecular complexity index is 1090. The number of aryl methyl sites for hydroxylation is 2. The zero-order valence-corrected chi connectivity index (χ0v) is 16.2. The Morgan fingerprint density at radius 3 is 2.33 bits per heavy atom. The van der Waals surface area contributed by atoms with E-state index in [1.165, 1.54) is 5.56 Å². The quantitative estimate of drug-likeness (QED) is 0.456. The fraction of sp³-hybridized carbons (Fsp3) is 0.130. The molecule has 0 aliphatic carbocycles. The molecule has 3 aromatic carbocycles. The van der Waals surface area contributed by atoms with Crippen molar-refractivity contribution >= 4 is 32.6 Å². The molecule has 0 atom stereocenters. The first-order valence-electron chi connectivity index (χ1n) is 8.90. The van der Waals surface area contributed by atoms with Gasteiger partial charge in [-0.15, -0.1) is 0 Å². The average Bonchev–Trinajstić information content (AvgIpc) is 3.11. The van der Waals surface area contributed by atoms with Crippen LogP contribution in [-0.2, 0) is 6.54 Å². The molecule has 4 aromatic rings. The van der Waals surface area contributed by atoms with Crippen molar-refractivity contribution < 1.29 is 4.79 Å². The molecule has 0 bridgehead atoms. The Balaban J connectivity index is 1.80. The molecule has 0 aliphatic rings. The van der Waals surface area contributed by atoms with Crippen LogP contribution in [0.15, 0.2) is 72.8 Å². The molecule has 0 saturated carbocycles. The van der Waals surface area contributed by atoms with Gasteiger partial charge in [-0.05, 0) is 48.7 Å². The number of aromatic nitrogens is 1. The lowest BCUT2D eigenvalue weighted by Gasteiger charge is -2.20.